The third kappa shape index (κ3) is 5.62. The number of aryl methyl sites for hydroxylation is 1. The third-order valence-electron chi connectivity index (χ3n) is 3.81. The molecule has 0 saturated carbocycles. The summed E-state index contributed by atoms with van der Waals surface area (Å²) in [5, 5.41) is 17.3. The van der Waals surface area contributed by atoms with Crippen LogP contribution in [0.2, 0.25) is 0 Å². The average molecular weight is 346 g/mol. The van der Waals surface area contributed by atoms with E-state index in [0.717, 1.165) is 35.9 Å². The van der Waals surface area contributed by atoms with E-state index >= 15 is 0 Å². The number of aliphatic imine (C=N–C) groups is 1. The second-order valence-electron chi connectivity index (χ2n) is 5.49. The summed E-state index contributed by atoms with van der Waals surface area (Å²) in [7, 11) is 1.75. The molecule has 1 aromatic heterocycles. The maximum atomic E-state index is 9.61. The normalized spacial score (nSPS) is 12.9. The van der Waals surface area contributed by atoms with Gasteiger partial charge in [-0.05, 0) is 12.0 Å². The second kappa shape index (κ2) is 10.1. The van der Waals surface area contributed by atoms with Crippen molar-refractivity contribution >= 4 is 17.3 Å². The van der Waals surface area contributed by atoms with Gasteiger partial charge in [-0.1, -0.05) is 37.3 Å². The summed E-state index contributed by atoms with van der Waals surface area (Å²) in [4.78, 5) is 9.98. The molecule has 1 unspecified atom stereocenters. The fraction of sp³-hybridized carbons (Fsp3) is 0.444. The van der Waals surface area contributed by atoms with Gasteiger partial charge < -0.3 is 15.7 Å². The Labute approximate surface area is 147 Å². The van der Waals surface area contributed by atoms with Crippen molar-refractivity contribution in [2.24, 2.45) is 4.99 Å². The zero-order valence-corrected chi connectivity index (χ0v) is 15.1. The Balaban J connectivity index is 1.77. The first-order chi connectivity index (χ1) is 11.8. The molecular formula is C18H26N4OS. The summed E-state index contributed by atoms with van der Waals surface area (Å²) in [5.41, 5.74) is 1.12. The fourth-order valence-corrected chi connectivity index (χ4v) is 3.23. The topological polar surface area (TPSA) is 69.5 Å². The van der Waals surface area contributed by atoms with Crippen molar-refractivity contribution in [3.63, 3.8) is 0 Å². The molecule has 0 amide bonds. The SMILES string of the molecule is CCc1cnc(CCNC(=NC)NCC(CO)c2ccccc2)s1. The number of thiazole rings is 1. The van der Waals surface area contributed by atoms with E-state index in [4.69, 9.17) is 0 Å². The summed E-state index contributed by atoms with van der Waals surface area (Å²) in [6.45, 7) is 3.67. The van der Waals surface area contributed by atoms with Gasteiger partial charge in [0.2, 0.25) is 0 Å². The molecule has 2 rings (SSSR count). The number of guanidine groups is 1. The first kappa shape index (κ1) is 18.4. The van der Waals surface area contributed by atoms with Gasteiger partial charge in [-0.2, -0.15) is 0 Å². The zero-order valence-electron chi connectivity index (χ0n) is 14.3. The molecule has 0 spiro atoms. The van der Waals surface area contributed by atoms with E-state index in [0.29, 0.717) is 6.54 Å². The molecule has 0 saturated heterocycles. The molecule has 6 heteroatoms. The Morgan fingerprint density at radius 3 is 2.71 bits per heavy atom. The van der Waals surface area contributed by atoms with Gasteiger partial charge in [0.05, 0.1) is 11.6 Å². The van der Waals surface area contributed by atoms with Crippen LogP contribution in [0.3, 0.4) is 0 Å². The van der Waals surface area contributed by atoms with Gasteiger partial charge in [0.15, 0.2) is 5.96 Å². The number of hydrogen-bond donors (Lipinski definition) is 3. The standard InChI is InChI=1S/C18H26N4OS/c1-3-16-12-21-17(24-16)9-10-20-18(19-2)22-11-15(13-23)14-7-5-4-6-8-14/h4-8,12,15,23H,3,9-11,13H2,1-2H3,(H2,19,20,22). The molecule has 0 fully saturated rings. The van der Waals surface area contributed by atoms with Crippen molar-refractivity contribution in [2.45, 2.75) is 25.7 Å². The van der Waals surface area contributed by atoms with E-state index in [1.165, 1.54) is 4.88 Å². The van der Waals surface area contributed by atoms with E-state index in [2.05, 4.69) is 27.5 Å². The van der Waals surface area contributed by atoms with Crippen molar-refractivity contribution in [1.29, 1.82) is 0 Å². The molecule has 3 N–H and O–H groups in total. The lowest BCUT2D eigenvalue weighted by Gasteiger charge is -2.18. The van der Waals surface area contributed by atoms with Gasteiger partial charge in [0.1, 0.15) is 0 Å². The third-order valence-corrected chi connectivity index (χ3v) is 5.01. The molecule has 1 aromatic carbocycles. The van der Waals surface area contributed by atoms with Crippen molar-refractivity contribution in [3.05, 3.63) is 52.0 Å². The quantitative estimate of drug-likeness (QED) is 0.506. The average Bonchev–Trinajstić information content (AvgIpc) is 3.09. The number of benzene rings is 1. The molecule has 0 aliphatic heterocycles. The van der Waals surface area contributed by atoms with E-state index in [1.807, 2.05) is 36.5 Å². The molecule has 0 aliphatic rings. The minimum atomic E-state index is 0.0517. The summed E-state index contributed by atoms with van der Waals surface area (Å²) < 4.78 is 0. The van der Waals surface area contributed by atoms with Gasteiger partial charge in [-0.15, -0.1) is 11.3 Å². The summed E-state index contributed by atoms with van der Waals surface area (Å²) in [6.07, 6.45) is 3.88. The highest BCUT2D eigenvalue weighted by Gasteiger charge is 2.10. The van der Waals surface area contributed by atoms with E-state index < -0.39 is 0 Å². The van der Waals surface area contributed by atoms with Crippen molar-refractivity contribution in [1.82, 2.24) is 15.6 Å². The van der Waals surface area contributed by atoms with Gasteiger partial charge in [0.25, 0.3) is 0 Å². The van der Waals surface area contributed by atoms with E-state index in [-0.39, 0.29) is 12.5 Å². The van der Waals surface area contributed by atoms with Crippen LogP contribution in [0.1, 0.15) is 28.3 Å². The highest BCUT2D eigenvalue weighted by atomic mass is 32.1. The molecule has 0 radical (unpaired) electrons. The number of nitrogens with zero attached hydrogens (tertiary/aromatic N) is 2. The number of nitrogens with one attached hydrogen (secondary N) is 2. The van der Waals surface area contributed by atoms with Crippen LogP contribution >= 0.6 is 11.3 Å². The van der Waals surface area contributed by atoms with Crippen LogP contribution in [-0.2, 0) is 12.8 Å². The summed E-state index contributed by atoms with van der Waals surface area (Å²) >= 11 is 1.77. The predicted molar refractivity (Wildman–Crippen MR) is 101 cm³/mol. The van der Waals surface area contributed by atoms with E-state index in [9.17, 15) is 5.11 Å². The van der Waals surface area contributed by atoms with Gasteiger partial charge >= 0.3 is 0 Å². The maximum Gasteiger partial charge on any atom is 0.191 e. The largest absolute Gasteiger partial charge is 0.396 e. The van der Waals surface area contributed by atoms with Gasteiger partial charge in [0, 0.05) is 43.5 Å². The van der Waals surface area contributed by atoms with E-state index in [1.54, 1.807) is 18.4 Å². The second-order valence-corrected chi connectivity index (χ2v) is 6.69. The maximum absolute atomic E-state index is 9.61. The minimum Gasteiger partial charge on any atom is -0.396 e. The Kier molecular flexibility index (Phi) is 7.71. The van der Waals surface area contributed by atoms with Gasteiger partial charge in [-0.3, -0.25) is 4.99 Å². The molecule has 130 valence electrons. The lowest BCUT2D eigenvalue weighted by atomic mass is 10.0. The molecule has 5 nitrogen and oxygen atoms in total. The highest BCUT2D eigenvalue weighted by Crippen LogP contribution is 2.14. The number of aromatic nitrogens is 1. The first-order valence-electron chi connectivity index (χ1n) is 8.30. The van der Waals surface area contributed by atoms with Crippen molar-refractivity contribution in [2.75, 3.05) is 26.7 Å². The fourth-order valence-electron chi connectivity index (χ4n) is 2.37. The molecule has 0 bridgehead atoms. The molecule has 24 heavy (non-hydrogen) atoms. The van der Waals surface area contributed by atoms with Crippen molar-refractivity contribution < 1.29 is 5.11 Å². The molecule has 2 aromatic rings. The van der Waals surface area contributed by atoms with Crippen LogP contribution in [0, 0.1) is 0 Å². The van der Waals surface area contributed by atoms with Gasteiger partial charge in [-0.25, -0.2) is 4.98 Å². The number of rotatable bonds is 8. The van der Waals surface area contributed by atoms with Crippen LogP contribution in [0.4, 0.5) is 0 Å². The Hall–Kier alpha value is -1.92. The van der Waals surface area contributed by atoms with Crippen LogP contribution in [0.15, 0.2) is 41.5 Å². The van der Waals surface area contributed by atoms with Crippen LogP contribution < -0.4 is 10.6 Å². The summed E-state index contributed by atoms with van der Waals surface area (Å²) in [6, 6.07) is 10.0. The lowest BCUT2D eigenvalue weighted by Crippen LogP contribution is -2.40. The Morgan fingerprint density at radius 2 is 2.08 bits per heavy atom. The number of aliphatic hydroxyl groups is 1. The predicted octanol–water partition coefficient (Wildman–Crippen LogP) is 2.19. The molecule has 0 aliphatic carbocycles. The number of hydrogen-bond acceptors (Lipinski definition) is 4. The minimum absolute atomic E-state index is 0.0517. The monoisotopic (exact) mass is 346 g/mol. The number of aliphatic hydroxyl groups excluding tert-OH is 1. The first-order valence-corrected chi connectivity index (χ1v) is 9.12. The van der Waals surface area contributed by atoms with Crippen LogP contribution in [-0.4, -0.2) is 42.8 Å². The molecular weight excluding hydrogens is 320 g/mol. The lowest BCUT2D eigenvalue weighted by molar-refractivity contribution is 0.265. The molecule has 1 atom stereocenters. The Morgan fingerprint density at radius 1 is 1.29 bits per heavy atom. The van der Waals surface area contributed by atoms with Crippen LogP contribution in [0.25, 0.3) is 0 Å². The summed E-state index contributed by atoms with van der Waals surface area (Å²) in [5.74, 6) is 0.799. The zero-order chi connectivity index (χ0) is 17.2. The van der Waals surface area contributed by atoms with Crippen molar-refractivity contribution in [3.8, 4) is 0 Å². The highest BCUT2D eigenvalue weighted by molar-refractivity contribution is 7.11. The molecule has 1 heterocycles. The Bertz CT molecular complexity index is 627. The smallest absolute Gasteiger partial charge is 0.191 e. The van der Waals surface area contributed by atoms with Crippen LogP contribution in [0.5, 0.6) is 0 Å².